The van der Waals surface area contributed by atoms with E-state index in [2.05, 4.69) is 39.4 Å². The third kappa shape index (κ3) is 4.55. The Hall–Kier alpha value is -2.40. The molecule has 2 aromatic rings. The summed E-state index contributed by atoms with van der Waals surface area (Å²) in [5.74, 6) is -0.420. The van der Waals surface area contributed by atoms with E-state index in [0.717, 1.165) is 32.7 Å². The largest absolute Gasteiger partial charge is 0.369 e. The first-order chi connectivity index (χ1) is 11.7. The molecule has 5 heteroatoms. The lowest BCUT2D eigenvalue weighted by Gasteiger charge is -2.36. The summed E-state index contributed by atoms with van der Waals surface area (Å²) in [6.45, 7) is 4.55. The fourth-order valence-electron chi connectivity index (χ4n) is 2.92. The lowest BCUT2D eigenvalue weighted by molar-refractivity contribution is -0.116. The van der Waals surface area contributed by atoms with E-state index in [1.165, 1.54) is 17.8 Å². The molecule has 0 unspecified atom stereocenters. The second-order valence-electron chi connectivity index (χ2n) is 5.97. The van der Waals surface area contributed by atoms with Gasteiger partial charge in [-0.05, 0) is 30.3 Å². The van der Waals surface area contributed by atoms with E-state index in [-0.39, 0.29) is 11.7 Å². The Morgan fingerprint density at radius 3 is 2.46 bits per heavy atom. The molecule has 126 valence electrons. The van der Waals surface area contributed by atoms with Crippen molar-refractivity contribution in [3.05, 3.63) is 60.4 Å². The van der Waals surface area contributed by atoms with Crippen molar-refractivity contribution in [2.24, 2.45) is 0 Å². The highest BCUT2D eigenvalue weighted by Gasteiger charge is 2.17. The van der Waals surface area contributed by atoms with Gasteiger partial charge >= 0.3 is 0 Å². The molecule has 0 saturated carbocycles. The van der Waals surface area contributed by atoms with Crippen molar-refractivity contribution in [2.45, 2.75) is 6.42 Å². The number of halogens is 1. The van der Waals surface area contributed by atoms with Crippen LogP contribution in [0.1, 0.15) is 6.42 Å². The van der Waals surface area contributed by atoms with Gasteiger partial charge in [0.2, 0.25) is 5.91 Å². The summed E-state index contributed by atoms with van der Waals surface area (Å²) in [5.41, 5.74) is 1.76. The number of benzene rings is 2. The van der Waals surface area contributed by atoms with Gasteiger partial charge in [0.25, 0.3) is 0 Å². The lowest BCUT2D eigenvalue weighted by atomic mass is 10.2. The Morgan fingerprint density at radius 2 is 1.75 bits per heavy atom. The number of carbonyl (C=O) groups is 1. The molecular weight excluding hydrogens is 305 g/mol. The highest BCUT2D eigenvalue weighted by atomic mass is 19.1. The summed E-state index contributed by atoms with van der Waals surface area (Å²) in [6.07, 6.45) is 0.419. The quantitative estimate of drug-likeness (QED) is 0.917. The van der Waals surface area contributed by atoms with Crippen molar-refractivity contribution in [1.29, 1.82) is 0 Å². The molecular formula is C19H22FN3O. The predicted octanol–water partition coefficient (Wildman–Crippen LogP) is 2.98. The molecule has 4 nitrogen and oxygen atoms in total. The number of anilines is 2. The average molecular weight is 327 g/mol. The molecule has 1 aliphatic heterocycles. The summed E-state index contributed by atoms with van der Waals surface area (Å²) in [5, 5.41) is 2.74. The minimum absolute atomic E-state index is 0.0777. The van der Waals surface area contributed by atoms with Gasteiger partial charge in [-0.25, -0.2) is 4.39 Å². The zero-order valence-corrected chi connectivity index (χ0v) is 13.6. The van der Waals surface area contributed by atoms with Gasteiger partial charge in [0, 0.05) is 50.5 Å². The molecule has 0 radical (unpaired) electrons. The van der Waals surface area contributed by atoms with Gasteiger partial charge in [-0.2, -0.15) is 0 Å². The number of nitrogens with zero attached hydrogens (tertiary/aromatic N) is 2. The number of hydrogen-bond acceptors (Lipinski definition) is 3. The SMILES string of the molecule is O=C(CCN1CCN(c2ccccc2)CC1)Nc1cccc(F)c1. The molecule has 0 aromatic heterocycles. The van der Waals surface area contributed by atoms with Crippen LogP contribution in [0.2, 0.25) is 0 Å². The van der Waals surface area contributed by atoms with E-state index < -0.39 is 0 Å². The van der Waals surface area contributed by atoms with E-state index in [1.807, 2.05) is 6.07 Å². The van der Waals surface area contributed by atoms with Crippen molar-refractivity contribution < 1.29 is 9.18 Å². The van der Waals surface area contributed by atoms with Gasteiger partial charge in [0.1, 0.15) is 5.82 Å². The molecule has 1 heterocycles. The van der Waals surface area contributed by atoms with Gasteiger partial charge in [0.15, 0.2) is 0 Å². The van der Waals surface area contributed by atoms with Crippen LogP contribution in [0.5, 0.6) is 0 Å². The number of nitrogens with one attached hydrogen (secondary N) is 1. The fraction of sp³-hybridized carbons (Fsp3) is 0.316. The molecule has 0 spiro atoms. The van der Waals surface area contributed by atoms with Crippen LogP contribution in [-0.2, 0) is 4.79 Å². The van der Waals surface area contributed by atoms with Crippen LogP contribution < -0.4 is 10.2 Å². The van der Waals surface area contributed by atoms with E-state index in [1.54, 1.807) is 12.1 Å². The van der Waals surface area contributed by atoms with Crippen LogP contribution in [0, 0.1) is 5.82 Å². The van der Waals surface area contributed by atoms with Gasteiger partial charge in [0.05, 0.1) is 0 Å². The molecule has 0 aliphatic carbocycles. The number of hydrogen-bond donors (Lipinski definition) is 1. The molecule has 2 aromatic carbocycles. The molecule has 24 heavy (non-hydrogen) atoms. The Balaban J connectivity index is 1.41. The Bertz CT molecular complexity index is 669. The third-order valence-electron chi connectivity index (χ3n) is 4.26. The summed E-state index contributed by atoms with van der Waals surface area (Å²) in [6, 6.07) is 16.4. The molecule has 1 N–H and O–H groups in total. The van der Waals surface area contributed by atoms with Gasteiger partial charge in [-0.1, -0.05) is 24.3 Å². The number of carbonyl (C=O) groups excluding carboxylic acids is 1. The average Bonchev–Trinajstić information content (AvgIpc) is 2.61. The standard InChI is InChI=1S/C19H22FN3O/c20-16-5-4-6-17(15-16)21-19(24)9-10-22-11-13-23(14-12-22)18-7-2-1-3-8-18/h1-8,15H,9-14H2,(H,21,24). The Kier molecular flexibility index (Phi) is 5.43. The zero-order chi connectivity index (χ0) is 16.8. The summed E-state index contributed by atoms with van der Waals surface area (Å²) in [4.78, 5) is 16.6. The van der Waals surface area contributed by atoms with Crippen LogP contribution in [0.25, 0.3) is 0 Å². The monoisotopic (exact) mass is 327 g/mol. The number of rotatable bonds is 5. The van der Waals surface area contributed by atoms with Crippen molar-refractivity contribution in [3.63, 3.8) is 0 Å². The number of para-hydroxylation sites is 1. The van der Waals surface area contributed by atoms with E-state index in [4.69, 9.17) is 0 Å². The number of amides is 1. The van der Waals surface area contributed by atoms with Crippen molar-refractivity contribution >= 4 is 17.3 Å². The van der Waals surface area contributed by atoms with Crippen LogP contribution in [0.15, 0.2) is 54.6 Å². The Morgan fingerprint density at radius 1 is 1.00 bits per heavy atom. The summed E-state index contributed by atoms with van der Waals surface area (Å²) >= 11 is 0. The molecule has 1 amide bonds. The Labute approximate surface area is 141 Å². The predicted molar refractivity (Wildman–Crippen MR) is 94.7 cm³/mol. The first kappa shape index (κ1) is 16.5. The van der Waals surface area contributed by atoms with E-state index in [9.17, 15) is 9.18 Å². The highest BCUT2D eigenvalue weighted by Crippen LogP contribution is 2.15. The summed E-state index contributed by atoms with van der Waals surface area (Å²) in [7, 11) is 0. The highest BCUT2D eigenvalue weighted by molar-refractivity contribution is 5.90. The molecule has 1 aliphatic rings. The van der Waals surface area contributed by atoms with Gasteiger partial charge < -0.3 is 10.2 Å². The summed E-state index contributed by atoms with van der Waals surface area (Å²) < 4.78 is 13.1. The van der Waals surface area contributed by atoms with E-state index >= 15 is 0 Å². The zero-order valence-electron chi connectivity index (χ0n) is 13.6. The maximum atomic E-state index is 13.1. The topological polar surface area (TPSA) is 35.6 Å². The van der Waals surface area contributed by atoms with Crippen LogP contribution >= 0.6 is 0 Å². The molecule has 1 saturated heterocycles. The normalized spacial score (nSPS) is 15.3. The third-order valence-corrected chi connectivity index (χ3v) is 4.26. The molecule has 1 fully saturated rings. The van der Waals surface area contributed by atoms with Crippen LogP contribution in [-0.4, -0.2) is 43.5 Å². The lowest BCUT2D eigenvalue weighted by Crippen LogP contribution is -2.47. The second kappa shape index (κ2) is 7.93. The van der Waals surface area contributed by atoms with Crippen molar-refractivity contribution in [2.75, 3.05) is 42.9 Å². The fourth-order valence-corrected chi connectivity index (χ4v) is 2.92. The van der Waals surface area contributed by atoms with Gasteiger partial charge in [-0.3, -0.25) is 9.69 Å². The van der Waals surface area contributed by atoms with Crippen molar-refractivity contribution in [3.8, 4) is 0 Å². The van der Waals surface area contributed by atoms with Crippen LogP contribution in [0.3, 0.4) is 0 Å². The van der Waals surface area contributed by atoms with Crippen LogP contribution in [0.4, 0.5) is 15.8 Å². The number of piperazine rings is 1. The molecule has 3 rings (SSSR count). The first-order valence-corrected chi connectivity index (χ1v) is 8.28. The molecule has 0 atom stereocenters. The maximum Gasteiger partial charge on any atom is 0.225 e. The van der Waals surface area contributed by atoms with Crippen molar-refractivity contribution in [1.82, 2.24) is 4.90 Å². The second-order valence-corrected chi connectivity index (χ2v) is 5.97. The smallest absolute Gasteiger partial charge is 0.225 e. The molecule has 0 bridgehead atoms. The minimum Gasteiger partial charge on any atom is -0.369 e. The maximum absolute atomic E-state index is 13.1. The van der Waals surface area contributed by atoms with Gasteiger partial charge in [-0.15, -0.1) is 0 Å². The minimum atomic E-state index is -0.343. The van der Waals surface area contributed by atoms with E-state index in [0.29, 0.717) is 12.1 Å². The first-order valence-electron chi connectivity index (χ1n) is 8.28.